The number of primary amides is 1. The molecule has 2 atom stereocenters. The highest BCUT2D eigenvalue weighted by molar-refractivity contribution is 6.05. The van der Waals surface area contributed by atoms with E-state index in [0.717, 1.165) is 5.56 Å². The summed E-state index contributed by atoms with van der Waals surface area (Å²) in [5.74, 6) is -0.869. The van der Waals surface area contributed by atoms with E-state index in [2.05, 4.69) is 5.32 Å². The second-order valence-electron chi connectivity index (χ2n) is 7.01. The van der Waals surface area contributed by atoms with Crippen LogP contribution in [0.5, 0.6) is 0 Å². The summed E-state index contributed by atoms with van der Waals surface area (Å²) in [6.07, 6.45) is 0.196. The van der Waals surface area contributed by atoms with Gasteiger partial charge in [0.15, 0.2) is 0 Å². The number of carbonyl (C=O) groups is 3. The van der Waals surface area contributed by atoms with Crippen molar-refractivity contribution in [3.05, 3.63) is 60.2 Å². The summed E-state index contributed by atoms with van der Waals surface area (Å²) in [5, 5.41) is 2.84. The van der Waals surface area contributed by atoms with Gasteiger partial charge in [-0.2, -0.15) is 0 Å². The van der Waals surface area contributed by atoms with Crippen LogP contribution in [0.1, 0.15) is 24.9 Å². The first-order valence-corrected chi connectivity index (χ1v) is 9.14. The highest BCUT2D eigenvalue weighted by atomic mass is 16.2. The molecule has 1 aliphatic heterocycles. The van der Waals surface area contributed by atoms with Crippen LogP contribution < -0.4 is 16.0 Å². The van der Waals surface area contributed by atoms with Gasteiger partial charge in [0.25, 0.3) is 0 Å². The number of hydrogen-bond acceptors (Lipinski definition) is 4. The molecule has 3 amide bonds. The lowest BCUT2D eigenvalue weighted by Crippen LogP contribution is -2.46. The predicted octanol–water partition coefficient (Wildman–Crippen LogP) is 1.91. The number of amides is 3. The number of para-hydroxylation sites is 2. The van der Waals surface area contributed by atoms with Crippen LogP contribution in [-0.2, 0) is 14.4 Å². The topological polar surface area (TPSA) is 95.7 Å². The van der Waals surface area contributed by atoms with Gasteiger partial charge in [-0.25, -0.2) is 0 Å². The second-order valence-corrected chi connectivity index (χ2v) is 7.01. The minimum Gasteiger partial charge on any atom is -0.368 e. The van der Waals surface area contributed by atoms with Crippen molar-refractivity contribution in [2.45, 2.75) is 25.4 Å². The Morgan fingerprint density at radius 2 is 1.82 bits per heavy atom. The molecular weight excluding hydrogens is 356 g/mol. The first-order valence-electron chi connectivity index (χ1n) is 9.14. The first kappa shape index (κ1) is 19.6. The summed E-state index contributed by atoms with van der Waals surface area (Å²) in [5.41, 5.74) is 7.59. The molecule has 146 valence electrons. The van der Waals surface area contributed by atoms with Gasteiger partial charge in [0.05, 0.1) is 17.9 Å². The maximum Gasteiger partial charge on any atom is 0.241 e. The molecule has 2 aromatic carbocycles. The maximum atomic E-state index is 13.2. The molecule has 1 heterocycles. The maximum absolute atomic E-state index is 13.2. The molecule has 0 spiro atoms. The van der Waals surface area contributed by atoms with Gasteiger partial charge in [-0.05, 0) is 31.7 Å². The van der Waals surface area contributed by atoms with Crippen LogP contribution in [0.3, 0.4) is 0 Å². The zero-order valence-electron chi connectivity index (χ0n) is 16.0. The summed E-state index contributed by atoms with van der Waals surface area (Å²) in [7, 11) is 1.69. The van der Waals surface area contributed by atoms with E-state index in [1.165, 1.54) is 0 Å². The number of hydrogen-bond donors (Lipinski definition) is 2. The number of likely N-dealkylation sites (N-methyl/N-ethyl adjacent to an activating group) is 1. The van der Waals surface area contributed by atoms with E-state index < -0.39 is 11.9 Å². The quantitative estimate of drug-likeness (QED) is 0.828. The fourth-order valence-corrected chi connectivity index (χ4v) is 3.62. The number of benzene rings is 2. The van der Waals surface area contributed by atoms with E-state index in [0.29, 0.717) is 11.4 Å². The SMILES string of the molecule is C[C@@H]1CC(=O)Nc2ccccc2N1C(=O)CN(C)[C@H](C(N)=O)c1ccccc1. The van der Waals surface area contributed by atoms with Gasteiger partial charge in [-0.15, -0.1) is 0 Å². The number of fused-ring (bicyclic) bond motifs is 1. The Balaban J connectivity index is 1.87. The molecule has 28 heavy (non-hydrogen) atoms. The third-order valence-corrected chi connectivity index (χ3v) is 4.84. The highest BCUT2D eigenvalue weighted by Crippen LogP contribution is 2.31. The number of nitrogens with zero attached hydrogens (tertiary/aromatic N) is 2. The summed E-state index contributed by atoms with van der Waals surface area (Å²) >= 11 is 0. The van der Waals surface area contributed by atoms with Crippen LogP contribution in [0, 0.1) is 0 Å². The van der Waals surface area contributed by atoms with Crippen LogP contribution in [0.25, 0.3) is 0 Å². The smallest absolute Gasteiger partial charge is 0.241 e. The third-order valence-electron chi connectivity index (χ3n) is 4.84. The van der Waals surface area contributed by atoms with Crippen molar-refractivity contribution in [2.75, 3.05) is 23.8 Å². The fourth-order valence-electron chi connectivity index (χ4n) is 3.62. The number of nitrogens with one attached hydrogen (secondary N) is 1. The Bertz CT molecular complexity index is 884. The molecule has 0 fully saturated rings. The predicted molar refractivity (Wildman–Crippen MR) is 108 cm³/mol. The summed E-state index contributed by atoms with van der Waals surface area (Å²) < 4.78 is 0. The molecule has 3 rings (SSSR count). The highest BCUT2D eigenvalue weighted by Gasteiger charge is 2.32. The normalized spacial score (nSPS) is 17.5. The van der Waals surface area contributed by atoms with Crippen molar-refractivity contribution in [2.24, 2.45) is 5.73 Å². The lowest BCUT2D eigenvalue weighted by molar-refractivity contribution is -0.125. The average molecular weight is 380 g/mol. The van der Waals surface area contributed by atoms with Crippen molar-refractivity contribution in [1.82, 2.24) is 4.90 Å². The molecule has 0 aromatic heterocycles. The van der Waals surface area contributed by atoms with Crippen molar-refractivity contribution >= 4 is 29.1 Å². The number of nitrogens with two attached hydrogens (primary N) is 1. The molecule has 0 aliphatic carbocycles. The number of carbonyl (C=O) groups excluding carboxylic acids is 3. The summed E-state index contributed by atoms with van der Waals surface area (Å²) in [4.78, 5) is 40.6. The number of rotatable bonds is 5. The monoisotopic (exact) mass is 380 g/mol. The Labute approximate surface area is 164 Å². The standard InChI is InChI=1S/C21H24N4O3/c1-14-12-18(26)23-16-10-6-7-11-17(16)25(14)19(27)13-24(2)20(21(22)28)15-8-4-3-5-9-15/h3-11,14,20H,12-13H2,1-2H3,(H2,22,28)(H,23,26)/t14-,20+/m1/s1. The molecule has 3 N–H and O–H groups in total. The van der Waals surface area contributed by atoms with Crippen LogP contribution >= 0.6 is 0 Å². The van der Waals surface area contributed by atoms with Crippen LogP contribution in [0.15, 0.2) is 54.6 Å². The Morgan fingerprint density at radius 3 is 2.50 bits per heavy atom. The van der Waals surface area contributed by atoms with Gasteiger partial charge < -0.3 is 16.0 Å². The number of anilines is 2. The van der Waals surface area contributed by atoms with Gasteiger partial charge in [0.1, 0.15) is 6.04 Å². The lowest BCUT2D eigenvalue weighted by atomic mass is 10.0. The largest absolute Gasteiger partial charge is 0.368 e. The van der Waals surface area contributed by atoms with Gasteiger partial charge in [-0.3, -0.25) is 19.3 Å². The molecule has 7 nitrogen and oxygen atoms in total. The zero-order chi connectivity index (χ0) is 20.3. The Kier molecular flexibility index (Phi) is 5.75. The van der Waals surface area contributed by atoms with Crippen molar-refractivity contribution < 1.29 is 14.4 Å². The lowest BCUT2D eigenvalue weighted by Gasteiger charge is -2.31. The van der Waals surface area contributed by atoms with E-state index in [9.17, 15) is 14.4 Å². The average Bonchev–Trinajstić information content (AvgIpc) is 2.76. The molecule has 0 saturated carbocycles. The van der Waals surface area contributed by atoms with E-state index in [1.54, 1.807) is 29.0 Å². The molecule has 1 aliphatic rings. The third kappa shape index (κ3) is 4.04. The molecule has 7 heteroatoms. The van der Waals surface area contributed by atoms with E-state index in [-0.39, 0.29) is 30.8 Å². The molecule has 0 bridgehead atoms. The summed E-state index contributed by atoms with van der Waals surface area (Å²) in [6, 6.07) is 15.3. The Morgan fingerprint density at radius 1 is 1.18 bits per heavy atom. The fraction of sp³-hybridized carbons (Fsp3) is 0.286. The van der Waals surface area contributed by atoms with Crippen molar-refractivity contribution in [3.63, 3.8) is 0 Å². The molecular formula is C21H24N4O3. The minimum atomic E-state index is -0.720. The van der Waals surface area contributed by atoms with Crippen molar-refractivity contribution in [3.8, 4) is 0 Å². The Hall–Kier alpha value is -3.19. The van der Waals surface area contributed by atoms with Gasteiger partial charge in [-0.1, -0.05) is 42.5 Å². The van der Waals surface area contributed by atoms with Crippen molar-refractivity contribution in [1.29, 1.82) is 0 Å². The van der Waals surface area contributed by atoms with Gasteiger partial charge in [0.2, 0.25) is 17.7 Å². The molecule has 0 radical (unpaired) electrons. The van der Waals surface area contributed by atoms with E-state index >= 15 is 0 Å². The van der Waals surface area contributed by atoms with Crippen LogP contribution in [0.4, 0.5) is 11.4 Å². The van der Waals surface area contributed by atoms with Gasteiger partial charge >= 0.3 is 0 Å². The van der Waals surface area contributed by atoms with Crippen LogP contribution in [-0.4, -0.2) is 42.3 Å². The second kappa shape index (κ2) is 8.22. The molecule has 2 aromatic rings. The molecule has 0 unspecified atom stereocenters. The summed E-state index contributed by atoms with van der Waals surface area (Å²) in [6.45, 7) is 1.82. The van der Waals surface area contributed by atoms with E-state index in [1.807, 2.05) is 49.4 Å². The van der Waals surface area contributed by atoms with Crippen LogP contribution in [0.2, 0.25) is 0 Å². The van der Waals surface area contributed by atoms with Gasteiger partial charge in [0, 0.05) is 12.5 Å². The molecule has 0 saturated heterocycles. The minimum absolute atomic E-state index is 0.0185. The zero-order valence-corrected chi connectivity index (χ0v) is 16.0. The first-order chi connectivity index (χ1) is 13.4. The van der Waals surface area contributed by atoms with E-state index in [4.69, 9.17) is 5.73 Å².